The molecule has 0 radical (unpaired) electrons. The van der Waals surface area contributed by atoms with Gasteiger partial charge in [0.05, 0.1) is 31.7 Å². The molecule has 1 atom stereocenters. The van der Waals surface area contributed by atoms with E-state index in [1.807, 2.05) is 36.4 Å². The van der Waals surface area contributed by atoms with Crippen molar-refractivity contribution in [2.75, 3.05) is 13.7 Å². The fraction of sp³-hybridized carbons (Fsp3) is 0.192. The Morgan fingerprint density at radius 1 is 1.17 bits per heavy atom. The van der Waals surface area contributed by atoms with Crippen molar-refractivity contribution in [1.82, 2.24) is 10.3 Å². The summed E-state index contributed by atoms with van der Waals surface area (Å²) in [4.78, 5) is 16.6. The lowest BCUT2D eigenvalue weighted by molar-refractivity contribution is -0.122. The summed E-state index contributed by atoms with van der Waals surface area (Å²) < 4.78 is 11.0. The van der Waals surface area contributed by atoms with Crippen LogP contribution in [-0.4, -0.2) is 47.7 Å². The average Bonchev–Trinajstić information content (AvgIpc) is 2.87. The van der Waals surface area contributed by atoms with Gasteiger partial charge in [0.1, 0.15) is 23.3 Å². The zero-order valence-corrected chi connectivity index (χ0v) is 19.3. The maximum atomic E-state index is 12.3. The molecule has 3 rings (SSSR count). The molecule has 9 heteroatoms. The van der Waals surface area contributed by atoms with E-state index >= 15 is 0 Å². The molecule has 0 aliphatic carbocycles. The minimum absolute atomic E-state index is 0.0344. The number of aromatic nitrogens is 1. The number of methoxy groups -OCH3 is 1. The highest BCUT2D eigenvalue weighted by Crippen LogP contribution is 2.25. The number of amides is 1. The molecule has 1 heterocycles. The number of carbonyl (C=O) groups excluding carboxylic acids is 1. The van der Waals surface area contributed by atoms with Gasteiger partial charge in [-0.3, -0.25) is 9.78 Å². The number of hydrogen-bond acceptors (Lipinski definition) is 7. The van der Waals surface area contributed by atoms with Crippen LogP contribution in [0.5, 0.6) is 11.5 Å². The second-order valence-corrected chi connectivity index (χ2v) is 7.67. The Kier molecular flexibility index (Phi) is 9.43. The largest absolute Gasteiger partial charge is 0.494 e. The van der Waals surface area contributed by atoms with Crippen molar-refractivity contribution in [3.8, 4) is 17.6 Å². The first kappa shape index (κ1) is 25.5. The summed E-state index contributed by atoms with van der Waals surface area (Å²) in [7, 11) is -0.166. The predicted molar refractivity (Wildman–Crippen MR) is 133 cm³/mol. The lowest BCUT2D eigenvalue weighted by atomic mass is 9.76. The van der Waals surface area contributed by atoms with Gasteiger partial charge >= 0.3 is 7.12 Å². The van der Waals surface area contributed by atoms with Gasteiger partial charge in [0, 0.05) is 6.20 Å². The van der Waals surface area contributed by atoms with Gasteiger partial charge in [-0.15, -0.1) is 0 Å². The maximum Gasteiger partial charge on any atom is 0.475 e. The van der Waals surface area contributed by atoms with Crippen LogP contribution >= 0.6 is 0 Å². The molecule has 3 aromatic rings. The molecule has 178 valence electrons. The number of allylic oxidation sites excluding steroid dienone is 1. The standard InChI is InChI=1S/C26H26BN3O5/c1-34-23-11-6-13-29-26(23)21(18-28)15-20-9-5-10-22(16-20)35-14-12-25(31)30-24(27(32)33)17-19-7-3-2-4-8-19/h2-11,13,15-16,24,32-33H,12,14,17H2,1H3,(H,30,31)/t24-/m0/s1. The first-order valence-corrected chi connectivity index (χ1v) is 11.0. The van der Waals surface area contributed by atoms with Gasteiger partial charge in [0.15, 0.2) is 0 Å². The summed E-state index contributed by atoms with van der Waals surface area (Å²) in [5.74, 6) is -0.160. The lowest BCUT2D eigenvalue weighted by Crippen LogP contribution is -2.48. The summed E-state index contributed by atoms with van der Waals surface area (Å²) in [6, 6.07) is 22.0. The van der Waals surface area contributed by atoms with Crippen molar-refractivity contribution < 1.29 is 24.3 Å². The van der Waals surface area contributed by atoms with Gasteiger partial charge < -0.3 is 24.8 Å². The van der Waals surface area contributed by atoms with Crippen LogP contribution in [0.4, 0.5) is 0 Å². The van der Waals surface area contributed by atoms with Gasteiger partial charge in [-0.2, -0.15) is 5.26 Å². The molecular weight excluding hydrogens is 445 g/mol. The Bertz CT molecular complexity index is 1190. The van der Waals surface area contributed by atoms with Crippen LogP contribution in [-0.2, 0) is 11.2 Å². The minimum atomic E-state index is -1.68. The van der Waals surface area contributed by atoms with Crippen molar-refractivity contribution in [3.63, 3.8) is 0 Å². The quantitative estimate of drug-likeness (QED) is 0.290. The third-order valence-corrected chi connectivity index (χ3v) is 5.14. The molecule has 1 aromatic heterocycles. The number of nitrogens with one attached hydrogen (secondary N) is 1. The number of rotatable bonds is 11. The van der Waals surface area contributed by atoms with Crippen molar-refractivity contribution in [2.24, 2.45) is 0 Å². The monoisotopic (exact) mass is 471 g/mol. The molecule has 0 saturated heterocycles. The number of pyridine rings is 1. The summed E-state index contributed by atoms with van der Waals surface area (Å²) in [5, 5.41) is 31.5. The minimum Gasteiger partial charge on any atom is -0.494 e. The molecule has 1 amide bonds. The first-order chi connectivity index (χ1) is 17.0. The average molecular weight is 471 g/mol. The zero-order chi connectivity index (χ0) is 25.0. The third kappa shape index (κ3) is 7.71. The van der Waals surface area contributed by atoms with Crippen LogP contribution in [0, 0.1) is 11.3 Å². The van der Waals surface area contributed by atoms with Crippen molar-refractivity contribution in [1.29, 1.82) is 5.26 Å². The number of hydrogen-bond donors (Lipinski definition) is 3. The van der Waals surface area contributed by atoms with Crippen molar-refractivity contribution in [3.05, 3.63) is 89.7 Å². The van der Waals surface area contributed by atoms with Crippen molar-refractivity contribution in [2.45, 2.75) is 18.8 Å². The number of ether oxygens (including phenoxy) is 2. The van der Waals surface area contributed by atoms with Crippen LogP contribution in [0.3, 0.4) is 0 Å². The van der Waals surface area contributed by atoms with E-state index < -0.39 is 13.1 Å². The Balaban J connectivity index is 1.58. The molecule has 0 fully saturated rings. The molecular formula is C26H26BN3O5. The third-order valence-electron chi connectivity index (χ3n) is 5.14. The van der Waals surface area contributed by atoms with Crippen LogP contribution in [0.15, 0.2) is 72.9 Å². The molecule has 0 aliphatic heterocycles. The van der Waals surface area contributed by atoms with Crippen LogP contribution < -0.4 is 14.8 Å². The van der Waals surface area contributed by atoms with Gasteiger partial charge in [-0.1, -0.05) is 42.5 Å². The van der Waals surface area contributed by atoms with E-state index in [-0.39, 0.29) is 18.9 Å². The molecule has 2 aromatic carbocycles. The van der Waals surface area contributed by atoms with E-state index in [9.17, 15) is 20.1 Å². The molecule has 0 spiro atoms. The fourth-order valence-corrected chi connectivity index (χ4v) is 3.41. The molecule has 8 nitrogen and oxygen atoms in total. The molecule has 3 N–H and O–H groups in total. The van der Waals surface area contributed by atoms with E-state index in [1.165, 1.54) is 7.11 Å². The Labute approximate surface area is 204 Å². The van der Waals surface area contributed by atoms with Gasteiger partial charge in [-0.25, -0.2) is 0 Å². The first-order valence-electron chi connectivity index (χ1n) is 11.0. The second-order valence-electron chi connectivity index (χ2n) is 7.67. The van der Waals surface area contributed by atoms with Crippen molar-refractivity contribution >= 4 is 24.7 Å². The smallest absolute Gasteiger partial charge is 0.475 e. The molecule has 35 heavy (non-hydrogen) atoms. The van der Waals surface area contributed by atoms with E-state index in [1.54, 1.807) is 42.6 Å². The molecule has 0 bridgehead atoms. The van der Waals surface area contributed by atoms with E-state index in [2.05, 4.69) is 16.4 Å². The number of carbonyl (C=O) groups is 1. The Morgan fingerprint density at radius 2 is 1.97 bits per heavy atom. The van der Waals surface area contributed by atoms with E-state index in [4.69, 9.17) is 9.47 Å². The lowest BCUT2D eigenvalue weighted by Gasteiger charge is -2.18. The topological polar surface area (TPSA) is 125 Å². The van der Waals surface area contributed by atoms with E-state index in [0.29, 0.717) is 29.2 Å². The van der Waals surface area contributed by atoms with Gasteiger partial charge in [0.2, 0.25) is 5.91 Å². The number of nitriles is 1. The molecule has 0 saturated carbocycles. The second kappa shape index (κ2) is 12.9. The predicted octanol–water partition coefficient (Wildman–Crippen LogP) is 2.66. The SMILES string of the molecule is COc1cccnc1C(C#N)=Cc1cccc(OCCC(=O)N[C@@H](Cc2ccccc2)B(O)O)c1. The highest BCUT2D eigenvalue weighted by Gasteiger charge is 2.25. The Morgan fingerprint density at radius 3 is 2.69 bits per heavy atom. The molecule has 0 unspecified atom stereocenters. The highest BCUT2D eigenvalue weighted by atomic mass is 16.5. The highest BCUT2D eigenvalue weighted by molar-refractivity contribution is 6.43. The Hall–Kier alpha value is -4.13. The van der Waals surface area contributed by atoms with Gasteiger partial charge in [0.25, 0.3) is 0 Å². The summed E-state index contributed by atoms with van der Waals surface area (Å²) in [6.45, 7) is 0.0950. The number of benzene rings is 2. The summed E-state index contributed by atoms with van der Waals surface area (Å²) in [5.41, 5.74) is 2.39. The summed E-state index contributed by atoms with van der Waals surface area (Å²) in [6.07, 6.45) is 3.60. The van der Waals surface area contributed by atoms with Crippen LogP contribution in [0.25, 0.3) is 11.6 Å². The normalized spacial score (nSPS) is 11.8. The number of nitrogens with zero attached hydrogens (tertiary/aromatic N) is 2. The zero-order valence-electron chi connectivity index (χ0n) is 19.3. The van der Waals surface area contributed by atoms with Crippen LogP contribution in [0.1, 0.15) is 23.2 Å². The fourth-order valence-electron chi connectivity index (χ4n) is 3.41. The molecule has 0 aliphatic rings. The maximum absolute atomic E-state index is 12.3. The van der Waals surface area contributed by atoms with Crippen LogP contribution in [0.2, 0.25) is 0 Å². The van der Waals surface area contributed by atoms with E-state index in [0.717, 1.165) is 11.1 Å². The summed E-state index contributed by atoms with van der Waals surface area (Å²) >= 11 is 0. The van der Waals surface area contributed by atoms with Gasteiger partial charge in [-0.05, 0) is 47.9 Å².